The molecule has 62 valence electrons. The first-order valence-electron chi connectivity index (χ1n) is 3.51. The predicted octanol–water partition coefficient (Wildman–Crippen LogP) is 0.539. The van der Waals surface area contributed by atoms with Gasteiger partial charge in [-0.25, -0.2) is 13.1 Å². The van der Waals surface area contributed by atoms with Crippen molar-refractivity contribution in [2.24, 2.45) is 5.92 Å². The number of hydrogen-bond donors (Lipinski definition) is 2. The van der Waals surface area contributed by atoms with Crippen molar-refractivity contribution in [3.63, 3.8) is 0 Å². The van der Waals surface area contributed by atoms with E-state index >= 15 is 0 Å². The van der Waals surface area contributed by atoms with Crippen LogP contribution in [0.1, 0.15) is 26.7 Å². The first-order chi connectivity index (χ1) is 4.63. The first-order valence-corrected chi connectivity index (χ1v) is 4.68. The average Bonchev–Trinajstić information content (AvgIpc) is 1.79. The van der Waals surface area contributed by atoms with Crippen LogP contribution in [-0.2, 0) is 10.9 Å². The van der Waals surface area contributed by atoms with E-state index in [0.717, 1.165) is 12.8 Å². The van der Waals surface area contributed by atoms with Crippen LogP contribution in [0.3, 0.4) is 0 Å². The minimum absolute atomic E-state index is 0.580. The van der Waals surface area contributed by atoms with Crippen molar-refractivity contribution in [2.45, 2.75) is 26.7 Å². The molecule has 0 radical (unpaired) electrons. The van der Waals surface area contributed by atoms with Gasteiger partial charge in [-0.2, -0.15) is 0 Å². The van der Waals surface area contributed by atoms with E-state index in [9.17, 15) is 8.42 Å². The lowest BCUT2D eigenvalue weighted by Gasteiger charge is -2.01. The van der Waals surface area contributed by atoms with Crippen LogP contribution >= 0.6 is 0 Å². The SMILES string of the molecule is CC(C)CCCN[SH](=O)=O. The zero-order chi connectivity index (χ0) is 7.98. The lowest BCUT2D eigenvalue weighted by molar-refractivity contribution is 0.546. The molecule has 0 spiro atoms. The van der Waals surface area contributed by atoms with E-state index in [1.807, 2.05) is 0 Å². The lowest BCUT2D eigenvalue weighted by Crippen LogP contribution is -2.12. The standard InChI is InChI=1S/C6H15NO2S/c1-6(2)4-3-5-7-10(8)9/h6,10H,3-5H2,1-2H3,(H,7,8,9). The van der Waals surface area contributed by atoms with E-state index in [2.05, 4.69) is 18.6 Å². The molecule has 0 aromatic carbocycles. The van der Waals surface area contributed by atoms with Gasteiger partial charge < -0.3 is 0 Å². The van der Waals surface area contributed by atoms with Gasteiger partial charge in [0.25, 0.3) is 0 Å². The predicted molar refractivity (Wildman–Crippen MR) is 42.4 cm³/mol. The molecular formula is C6H15NO2S. The number of hydrogen-bond acceptors (Lipinski definition) is 2. The molecule has 1 N–H and O–H groups in total. The highest BCUT2D eigenvalue weighted by atomic mass is 32.2. The lowest BCUT2D eigenvalue weighted by atomic mass is 10.1. The van der Waals surface area contributed by atoms with Crippen molar-refractivity contribution in [1.82, 2.24) is 4.72 Å². The summed E-state index contributed by atoms with van der Waals surface area (Å²) < 4.78 is 22.3. The molecule has 0 aliphatic heterocycles. The summed E-state index contributed by atoms with van der Waals surface area (Å²) in [6.07, 6.45) is 2.01. The first kappa shape index (κ1) is 9.91. The number of nitrogens with one attached hydrogen (secondary N) is 1. The molecule has 0 unspecified atom stereocenters. The summed E-state index contributed by atoms with van der Waals surface area (Å²) in [7, 11) is -2.38. The Labute approximate surface area is 63.9 Å². The molecule has 0 aromatic heterocycles. The molecule has 0 atom stereocenters. The second-order valence-corrected chi connectivity index (χ2v) is 3.53. The Morgan fingerprint density at radius 2 is 2.00 bits per heavy atom. The second kappa shape index (κ2) is 5.68. The van der Waals surface area contributed by atoms with Crippen molar-refractivity contribution in [3.05, 3.63) is 0 Å². The molecule has 0 aliphatic carbocycles. The van der Waals surface area contributed by atoms with Gasteiger partial charge in [0.05, 0.1) is 0 Å². The van der Waals surface area contributed by atoms with Crippen molar-refractivity contribution in [1.29, 1.82) is 0 Å². The molecule has 10 heavy (non-hydrogen) atoms. The Bertz CT molecular complexity index is 135. The smallest absolute Gasteiger partial charge is 0.201 e. The summed E-state index contributed by atoms with van der Waals surface area (Å²) in [5.74, 6) is 0.659. The molecule has 0 saturated carbocycles. The Hall–Kier alpha value is -0.0900. The van der Waals surface area contributed by atoms with Gasteiger partial charge in [-0.3, -0.25) is 0 Å². The summed E-state index contributed by atoms with van der Waals surface area (Å²) in [6, 6.07) is 0. The third-order valence-corrected chi connectivity index (χ3v) is 1.68. The maximum Gasteiger partial charge on any atom is 0.201 e. The van der Waals surface area contributed by atoms with Gasteiger partial charge in [0, 0.05) is 6.54 Å². The van der Waals surface area contributed by atoms with Gasteiger partial charge in [-0.15, -0.1) is 0 Å². The van der Waals surface area contributed by atoms with Crippen LogP contribution in [0.15, 0.2) is 0 Å². The van der Waals surface area contributed by atoms with E-state index < -0.39 is 10.9 Å². The Balaban J connectivity index is 3.06. The monoisotopic (exact) mass is 165 g/mol. The van der Waals surface area contributed by atoms with Crippen LogP contribution < -0.4 is 4.72 Å². The van der Waals surface area contributed by atoms with Crippen LogP contribution in [0.2, 0.25) is 0 Å². The summed E-state index contributed by atoms with van der Waals surface area (Å²) in [5.41, 5.74) is 0. The van der Waals surface area contributed by atoms with Crippen LogP contribution in [-0.4, -0.2) is 15.0 Å². The molecule has 0 amide bonds. The summed E-state index contributed by atoms with van der Waals surface area (Å²) in [4.78, 5) is 0. The van der Waals surface area contributed by atoms with Gasteiger partial charge in [0.2, 0.25) is 10.9 Å². The Kier molecular flexibility index (Phi) is 5.63. The van der Waals surface area contributed by atoms with E-state index in [1.54, 1.807) is 0 Å². The highest BCUT2D eigenvalue weighted by Crippen LogP contribution is 2.01. The van der Waals surface area contributed by atoms with Gasteiger partial charge in [0.1, 0.15) is 0 Å². The van der Waals surface area contributed by atoms with E-state index in [1.165, 1.54) is 0 Å². The van der Waals surface area contributed by atoms with Crippen molar-refractivity contribution >= 4 is 10.9 Å². The van der Waals surface area contributed by atoms with Gasteiger partial charge in [-0.1, -0.05) is 13.8 Å². The molecule has 4 heteroatoms. The Morgan fingerprint density at radius 1 is 1.40 bits per heavy atom. The molecule has 0 rings (SSSR count). The Morgan fingerprint density at radius 3 is 2.40 bits per heavy atom. The maximum absolute atomic E-state index is 9.97. The molecule has 0 fully saturated rings. The minimum Gasteiger partial charge on any atom is -0.218 e. The van der Waals surface area contributed by atoms with Crippen LogP contribution in [0.25, 0.3) is 0 Å². The van der Waals surface area contributed by atoms with Crippen LogP contribution in [0.5, 0.6) is 0 Å². The normalized spacial score (nSPS) is 11.2. The van der Waals surface area contributed by atoms with E-state index in [-0.39, 0.29) is 0 Å². The minimum atomic E-state index is -2.38. The van der Waals surface area contributed by atoms with Crippen LogP contribution in [0.4, 0.5) is 0 Å². The second-order valence-electron chi connectivity index (χ2n) is 2.70. The van der Waals surface area contributed by atoms with Crippen molar-refractivity contribution in [2.75, 3.05) is 6.54 Å². The molecule has 0 heterocycles. The third-order valence-electron chi connectivity index (χ3n) is 1.20. The molecule has 3 nitrogen and oxygen atoms in total. The van der Waals surface area contributed by atoms with Gasteiger partial charge in [0.15, 0.2) is 0 Å². The van der Waals surface area contributed by atoms with Crippen LogP contribution in [0, 0.1) is 5.92 Å². The topological polar surface area (TPSA) is 46.2 Å². The fourth-order valence-corrected chi connectivity index (χ4v) is 1.02. The van der Waals surface area contributed by atoms with Gasteiger partial charge in [-0.05, 0) is 18.8 Å². The summed E-state index contributed by atoms with van der Waals surface area (Å²) in [6.45, 7) is 4.82. The fraction of sp³-hybridized carbons (Fsp3) is 1.00. The molecule has 0 bridgehead atoms. The largest absolute Gasteiger partial charge is 0.218 e. The number of thiol groups is 1. The average molecular weight is 165 g/mol. The van der Waals surface area contributed by atoms with Crippen molar-refractivity contribution in [3.8, 4) is 0 Å². The zero-order valence-electron chi connectivity index (χ0n) is 6.46. The van der Waals surface area contributed by atoms with E-state index in [4.69, 9.17) is 0 Å². The summed E-state index contributed by atoms with van der Waals surface area (Å²) >= 11 is 0. The van der Waals surface area contributed by atoms with Crippen molar-refractivity contribution < 1.29 is 8.42 Å². The highest BCUT2D eigenvalue weighted by Gasteiger charge is 1.92. The van der Waals surface area contributed by atoms with Gasteiger partial charge >= 0.3 is 0 Å². The number of rotatable bonds is 5. The molecular weight excluding hydrogens is 150 g/mol. The molecule has 0 aromatic rings. The summed E-state index contributed by atoms with van der Waals surface area (Å²) in [5, 5.41) is 0. The maximum atomic E-state index is 9.97. The molecule has 0 aliphatic rings. The molecule has 0 saturated heterocycles. The third kappa shape index (κ3) is 7.91. The highest BCUT2D eigenvalue weighted by molar-refractivity contribution is 7.70. The fourth-order valence-electron chi connectivity index (χ4n) is 0.681. The van der Waals surface area contributed by atoms with E-state index in [0.29, 0.717) is 12.5 Å². The quantitative estimate of drug-likeness (QED) is 0.461. The zero-order valence-corrected chi connectivity index (χ0v) is 7.36.